The van der Waals surface area contributed by atoms with Crippen molar-refractivity contribution in [1.29, 1.82) is 0 Å². The molecule has 0 aliphatic heterocycles. The highest BCUT2D eigenvalue weighted by Gasteiger charge is 2.35. The number of carboxylic acid groups (broad SMARTS) is 1. The van der Waals surface area contributed by atoms with Gasteiger partial charge in [0.25, 0.3) is 0 Å². The first-order valence-electron chi connectivity index (χ1n) is 6.82. The van der Waals surface area contributed by atoms with Crippen molar-refractivity contribution in [2.24, 2.45) is 5.41 Å². The largest absolute Gasteiger partial charge is 0.481 e. The van der Waals surface area contributed by atoms with Crippen LogP contribution >= 0.6 is 0 Å². The van der Waals surface area contributed by atoms with Crippen LogP contribution in [0, 0.1) is 5.41 Å². The number of urea groups is 1. The molecule has 116 valence electrons. The summed E-state index contributed by atoms with van der Waals surface area (Å²) in [6.45, 7) is 5.85. The zero-order chi connectivity index (χ0) is 15.8. The highest BCUT2D eigenvalue weighted by molar-refractivity contribution is 5.84. The van der Waals surface area contributed by atoms with E-state index >= 15 is 0 Å². The summed E-state index contributed by atoms with van der Waals surface area (Å²) in [5, 5.41) is 14.4. The van der Waals surface area contributed by atoms with Crippen LogP contribution in [0.2, 0.25) is 0 Å². The predicted molar refractivity (Wildman–Crippen MR) is 75.4 cm³/mol. The lowest BCUT2D eigenvalue weighted by atomic mass is 9.82. The number of hydrogen-bond donors (Lipinski definition) is 3. The van der Waals surface area contributed by atoms with Crippen molar-refractivity contribution in [1.82, 2.24) is 15.5 Å². The van der Waals surface area contributed by atoms with E-state index in [1.54, 1.807) is 20.8 Å². The Morgan fingerprint density at radius 1 is 1.10 bits per heavy atom. The second-order valence-electron chi connectivity index (χ2n) is 4.76. The van der Waals surface area contributed by atoms with E-state index in [4.69, 9.17) is 0 Å². The Labute approximate surface area is 119 Å². The van der Waals surface area contributed by atoms with Crippen molar-refractivity contribution in [2.45, 2.75) is 33.6 Å². The van der Waals surface area contributed by atoms with Gasteiger partial charge in [-0.2, -0.15) is 0 Å². The molecule has 0 aromatic heterocycles. The number of amides is 3. The average molecular weight is 287 g/mol. The SMILES string of the molecule is CCNC(=O)CN(C)C(=O)NCC(CC)(CC)C(=O)O. The number of nitrogens with one attached hydrogen (secondary N) is 2. The first kappa shape index (κ1) is 18.2. The van der Waals surface area contributed by atoms with Crippen LogP contribution in [0.4, 0.5) is 4.79 Å². The summed E-state index contributed by atoms with van der Waals surface area (Å²) in [6.07, 6.45) is 0.859. The monoisotopic (exact) mass is 287 g/mol. The molecule has 0 unspecified atom stereocenters. The van der Waals surface area contributed by atoms with Gasteiger partial charge in [0.15, 0.2) is 0 Å². The van der Waals surface area contributed by atoms with Gasteiger partial charge in [-0.3, -0.25) is 9.59 Å². The van der Waals surface area contributed by atoms with Crippen LogP contribution < -0.4 is 10.6 Å². The standard InChI is InChI=1S/C13H25N3O4/c1-5-13(6-2,11(18)19)9-15-12(20)16(4)8-10(17)14-7-3/h5-9H2,1-4H3,(H,14,17)(H,15,20)(H,18,19). The summed E-state index contributed by atoms with van der Waals surface area (Å²) in [7, 11) is 1.49. The molecule has 0 saturated carbocycles. The van der Waals surface area contributed by atoms with Crippen molar-refractivity contribution in [2.75, 3.05) is 26.7 Å². The van der Waals surface area contributed by atoms with Gasteiger partial charge >= 0.3 is 12.0 Å². The summed E-state index contributed by atoms with van der Waals surface area (Å²) in [5.74, 6) is -1.17. The first-order valence-corrected chi connectivity index (χ1v) is 6.82. The number of rotatable bonds is 8. The fourth-order valence-electron chi connectivity index (χ4n) is 1.80. The Hall–Kier alpha value is -1.79. The summed E-state index contributed by atoms with van der Waals surface area (Å²) in [4.78, 5) is 35.7. The van der Waals surface area contributed by atoms with Crippen LogP contribution in [-0.4, -0.2) is 54.6 Å². The van der Waals surface area contributed by atoms with Crippen LogP contribution in [0.3, 0.4) is 0 Å². The number of likely N-dealkylation sites (N-methyl/N-ethyl adjacent to an activating group) is 2. The lowest BCUT2D eigenvalue weighted by Crippen LogP contribution is -2.48. The molecular weight excluding hydrogens is 262 g/mol. The first-order chi connectivity index (χ1) is 9.32. The Morgan fingerprint density at radius 2 is 1.65 bits per heavy atom. The fraction of sp³-hybridized carbons (Fsp3) is 0.769. The number of carbonyl (C=O) groups is 3. The molecule has 0 heterocycles. The molecule has 7 nitrogen and oxygen atoms in total. The molecule has 0 fully saturated rings. The van der Waals surface area contributed by atoms with Gasteiger partial charge in [0.05, 0.1) is 5.41 Å². The third kappa shape index (κ3) is 5.07. The van der Waals surface area contributed by atoms with Gasteiger partial charge in [-0.1, -0.05) is 13.8 Å². The highest BCUT2D eigenvalue weighted by atomic mass is 16.4. The van der Waals surface area contributed by atoms with Crippen molar-refractivity contribution >= 4 is 17.9 Å². The predicted octanol–water partition coefficient (Wildman–Crippen LogP) is 0.655. The van der Waals surface area contributed by atoms with Gasteiger partial charge in [0.1, 0.15) is 6.54 Å². The molecule has 0 bridgehead atoms. The minimum Gasteiger partial charge on any atom is -0.481 e. The fourth-order valence-corrected chi connectivity index (χ4v) is 1.80. The third-order valence-corrected chi connectivity index (χ3v) is 3.49. The molecule has 20 heavy (non-hydrogen) atoms. The number of nitrogens with zero attached hydrogens (tertiary/aromatic N) is 1. The summed E-state index contributed by atoms with van der Waals surface area (Å²) < 4.78 is 0. The second-order valence-corrected chi connectivity index (χ2v) is 4.76. The van der Waals surface area contributed by atoms with Crippen LogP contribution in [0.25, 0.3) is 0 Å². The zero-order valence-corrected chi connectivity index (χ0v) is 12.7. The summed E-state index contributed by atoms with van der Waals surface area (Å²) in [5.41, 5.74) is -0.956. The molecule has 0 aromatic rings. The van der Waals surface area contributed by atoms with Gasteiger partial charge in [-0.25, -0.2) is 4.79 Å². The number of aliphatic carboxylic acids is 1. The zero-order valence-electron chi connectivity index (χ0n) is 12.7. The van der Waals surface area contributed by atoms with Crippen LogP contribution in [-0.2, 0) is 9.59 Å². The smallest absolute Gasteiger partial charge is 0.317 e. The third-order valence-electron chi connectivity index (χ3n) is 3.49. The van der Waals surface area contributed by atoms with Gasteiger partial charge in [-0.15, -0.1) is 0 Å². The maximum atomic E-state index is 11.8. The minimum atomic E-state index is -0.956. The highest BCUT2D eigenvalue weighted by Crippen LogP contribution is 2.25. The Bertz CT molecular complexity index is 354. The minimum absolute atomic E-state index is 0.0495. The molecule has 7 heteroatoms. The second kappa shape index (κ2) is 8.39. The number of carboxylic acids is 1. The molecule has 0 rings (SSSR count). The van der Waals surface area contributed by atoms with Crippen molar-refractivity contribution < 1.29 is 19.5 Å². The average Bonchev–Trinajstić information content (AvgIpc) is 2.39. The van der Waals surface area contributed by atoms with E-state index in [2.05, 4.69) is 10.6 Å². The maximum absolute atomic E-state index is 11.8. The van der Waals surface area contributed by atoms with Crippen molar-refractivity contribution in [3.05, 3.63) is 0 Å². The molecule has 0 aromatic carbocycles. The number of hydrogen-bond acceptors (Lipinski definition) is 3. The summed E-state index contributed by atoms with van der Waals surface area (Å²) in [6, 6.07) is -0.455. The molecular formula is C13H25N3O4. The van der Waals surface area contributed by atoms with E-state index in [1.165, 1.54) is 11.9 Å². The van der Waals surface area contributed by atoms with Crippen molar-refractivity contribution in [3.8, 4) is 0 Å². The molecule has 0 atom stereocenters. The maximum Gasteiger partial charge on any atom is 0.317 e. The normalized spacial score (nSPS) is 10.8. The molecule has 0 spiro atoms. The Balaban J connectivity index is 4.46. The van der Waals surface area contributed by atoms with E-state index in [9.17, 15) is 19.5 Å². The van der Waals surface area contributed by atoms with Crippen LogP contribution in [0.5, 0.6) is 0 Å². The van der Waals surface area contributed by atoms with Gasteiger partial charge in [0.2, 0.25) is 5.91 Å². The molecule has 3 amide bonds. The Kier molecular flexibility index (Phi) is 7.64. The van der Waals surface area contributed by atoms with Gasteiger partial charge in [0, 0.05) is 20.1 Å². The number of carbonyl (C=O) groups excluding carboxylic acids is 2. The topological polar surface area (TPSA) is 98.7 Å². The molecule has 0 saturated heterocycles. The lowest BCUT2D eigenvalue weighted by Gasteiger charge is -2.28. The van der Waals surface area contributed by atoms with E-state index in [0.717, 1.165) is 0 Å². The lowest BCUT2D eigenvalue weighted by molar-refractivity contribution is -0.149. The van der Waals surface area contributed by atoms with Crippen LogP contribution in [0.15, 0.2) is 0 Å². The van der Waals surface area contributed by atoms with E-state index < -0.39 is 17.4 Å². The van der Waals surface area contributed by atoms with Crippen LogP contribution in [0.1, 0.15) is 33.6 Å². The van der Waals surface area contributed by atoms with E-state index in [1.807, 2.05) is 0 Å². The molecule has 0 radical (unpaired) electrons. The molecule has 3 N–H and O–H groups in total. The van der Waals surface area contributed by atoms with Gasteiger partial charge in [-0.05, 0) is 19.8 Å². The van der Waals surface area contributed by atoms with E-state index in [0.29, 0.717) is 19.4 Å². The van der Waals surface area contributed by atoms with Crippen molar-refractivity contribution in [3.63, 3.8) is 0 Å². The van der Waals surface area contributed by atoms with E-state index in [-0.39, 0.29) is 19.0 Å². The molecule has 0 aliphatic rings. The van der Waals surface area contributed by atoms with Gasteiger partial charge < -0.3 is 20.6 Å². The molecule has 0 aliphatic carbocycles. The quantitative estimate of drug-likeness (QED) is 0.610. The Morgan fingerprint density at radius 3 is 2.05 bits per heavy atom. The summed E-state index contributed by atoms with van der Waals surface area (Å²) >= 11 is 0.